The molecular formula is C23H27N3O4S2. The van der Waals surface area contributed by atoms with E-state index in [1.54, 1.807) is 24.8 Å². The monoisotopic (exact) mass is 473 g/mol. The standard InChI is InChI=1S/C23H27N3O4S2/c1-14-12-25(13-15(2)30-14)20-16-7-5-6-8-18(16)24(3)21(27)17(20)11-19-22(28)26(9-10-29-4)23(31)32-19/h5-8,11,14-15H,9-10,12-13H2,1-4H3. The van der Waals surface area contributed by atoms with Crippen LogP contribution < -0.4 is 10.5 Å². The van der Waals surface area contributed by atoms with Crippen LogP contribution in [-0.4, -0.2) is 65.3 Å². The number of thioether (sulfide) groups is 1. The first-order chi connectivity index (χ1) is 15.3. The molecular weight excluding hydrogens is 446 g/mol. The van der Waals surface area contributed by atoms with E-state index in [9.17, 15) is 9.59 Å². The molecule has 1 aromatic carbocycles. The molecule has 32 heavy (non-hydrogen) atoms. The average Bonchev–Trinajstić information content (AvgIpc) is 3.02. The van der Waals surface area contributed by atoms with Crippen LogP contribution in [-0.2, 0) is 21.3 Å². The molecule has 2 unspecified atom stereocenters. The van der Waals surface area contributed by atoms with Gasteiger partial charge in [0, 0.05) is 32.6 Å². The number of hydrogen-bond acceptors (Lipinski definition) is 7. The lowest BCUT2D eigenvalue weighted by Crippen LogP contribution is -2.46. The number of morpholine rings is 1. The van der Waals surface area contributed by atoms with Crippen molar-refractivity contribution >= 4 is 56.9 Å². The molecule has 2 aliphatic heterocycles. The Labute approximate surface area is 197 Å². The number of hydrogen-bond donors (Lipinski definition) is 0. The van der Waals surface area contributed by atoms with Gasteiger partial charge in [-0.15, -0.1) is 0 Å². The smallest absolute Gasteiger partial charge is 0.266 e. The number of fused-ring (bicyclic) bond motifs is 1. The highest BCUT2D eigenvalue weighted by atomic mass is 32.2. The van der Waals surface area contributed by atoms with Crippen molar-refractivity contribution in [1.82, 2.24) is 9.47 Å². The third kappa shape index (κ3) is 4.22. The van der Waals surface area contributed by atoms with Crippen LogP contribution >= 0.6 is 24.0 Å². The van der Waals surface area contributed by atoms with Crippen molar-refractivity contribution < 1.29 is 14.3 Å². The first-order valence-electron chi connectivity index (χ1n) is 10.6. The Morgan fingerprint density at radius 1 is 1.22 bits per heavy atom. The lowest BCUT2D eigenvalue weighted by atomic mass is 10.0. The van der Waals surface area contributed by atoms with Crippen LogP contribution in [0.1, 0.15) is 19.4 Å². The first-order valence-corrected chi connectivity index (χ1v) is 11.8. The van der Waals surface area contributed by atoms with Crippen molar-refractivity contribution in [2.24, 2.45) is 7.05 Å². The number of pyridine rings is 1. The fourth-order valence-electron chi connectivity index (χ4n) is 4.34. The van der Waals surface area contributed by atoms with Crippen LogP contribution in [0.15, 0.2) is 34.0 Å². The minimum atomic E-state index is -0.193. The Bertz CT molecular complexity index is 1150. The van der Waals surface area contributed by atoms with E-state index < -0.39 is 0 Å². The molecule has 3 heterocycles. The molecule has 0 bridgehead atoms. The molecule has 0 radical (unpaired) electrons. The van der Waals surface area contributed by atoms with E-state index in [4.69, 9.17) is 21.7 Å². The number of rotatable bonds is 5. The molecule has 4 rings (SSSR count). The Balaban J connectivity index is 1.89. The summed E-state index contributed by atoms with van der Waals surface area (Å²) in [5.74, 6) is -0.193. The minimum Gasteiger partial charge on any atom is -0.383 e. The van der Waals surface area contributed by atoms with Gasteiger partial charge in [0.15, 0.2) is 0 Å². The van der Waals surface area contributed by atoms with Crippen LogP contribution in [0.5, 0.6) is 0 Å². The Morgan fingerprint density at radius 3 is 2.59 bits per heavy atom. The molecule has 0 saturated carbocycles. The third-order valence-corrected chi connectivity index (χ3v) is 7.09. The summed E-state index contributed by atoms with van der Waals surface area (Å²) < 4.78 is 13.1. The number of anilines is 1. The maximum Gasteiger partial charge on any atom is 0.266 e. The normalized spacial score (nSPS) is 23.1. The summed E-state index contributed by atoms with van der Waals surface area (Å²) >= 11 is 6.64. The van der Waals surface area contributed by atoms with E-state index in [2.05, 4.69) is 4.90 Å². The summed E-state index contributed by atoms with van der Waals surface area (Å²) in [5.41, 5.74) is 2.05. The summed E-state index contributed by atoms with van der Waals surface area (Å²) in [6.45, 7) is 6.18. The van der Waals surface area contributed by atoms with Gasteiger partial charge < -0.3 is 18.9 Å². The van der Waals surface area contributed by atoms with Gasteiger partial charge in [-0.1, -0.05) is 42.2 Å². The van der Waals surface area contributed by atoms with Gasteiger partial charge in [-0.25, -0.2) is 0 Å². The second kappa shape index (κ2) is 9.35. The van der Waals surface area contributed by atoms with Gasteiger partial charge >= 0.3 is 0 Å². The van der Waals surface area contributed by atoms with Crippen LogP contribution in [0.4, 0.5) is 5.69 Å². The number of aryl methyl sites for hydroxylation is 1. The molecule has 9 heteroatoms. The number of methoxy groups -OCH3 is 1. The van der Waals surface area contributed by atoms with E-state index in [0.29, 0.717) is 41.0 Å². The largest absolute Gasteiger partial charge is 0.383 e. The van der Waals surface area contributed by atoms with Crippen molar-refractivity contribution in [2.45, 2.75) is 26.1 Å². The van der Waals surface area contributed by atoms with Crippen molar-refractivity contribution in [1.29, 1.82) is 0 Å². The number of thiocarbonyl (C=S) groups is 1. The van der Waals surface area contributed by atoms with Crippen molar-refractivity contribution in [2.75, 3.05) is 38.3 Å². The molecule has 2 fully saturated rings. The zero-order valence-electron chi connectivity index (χ0n) is 18.7. The third-order valence-electron chi connectivity index (χ3n) is 5.71. The molecule has 2 atom stereocenters. The summed E-state index contributed by atoms with van der Waals surface area (Å²) in [5, 5.41) is 0.969. The summed E-state index contributed by atoms with van der Waals surface area (Å²) in [6, 6.07) is 7.87. The average molecular weight is 474 g/mol. The zero-order valence-corrected chi connectivity index (χ0v) is 20.3. The SMILES string of the molecule is COCCN1C(=O)C(=Cc2c(N3CC(C)OC(C)C3)c3ccccc3n(C)c2=O)SC1=S. The number of ether oxygens (including phenoxy) is 2. The van der Waals surface area contributed by atoms with Gasteiger partial charge in [0.1, 0.15) is 4.32 Å². The van der Waals surface area contributed by atoms with Crippen LogP contribution in [0.2, 0.25) is 0 Å². The van der Waals surface area contributed by atoms with Crippen molar-refractivity contribution in [3.05, 3.63) is 45.1 Å². The second-order valence-corrected chi connectivity index (χ2v) is 9.81. The molecule has 1 amide bonds. The van der Waals surface area contributed by atoms with Gasteiger partial charge in [-0.2, -0.15) is 0 Å². The molecule has 2 aliphatic rings. The van der Waals surface area contributed by atoms with E-state index in [0.717, 1.165) is 16.6 Å². The number of aromatic nitrogens is 1. The van der Waals surface area contributed by atoms with Gasteiger partial charge in [-0.3, -0.25) is 14.5 Å². The first kappa shape index (κ1) is 23.0. The van der Waals surface area contributed by atoms with Crippen molar-refractivity contribution in [3.63, 3.8) is 0 Å². The molecule has 0 aliphatic carbocycles. The second-order valence-electron chi connectivity index (χ2n) is 8.13. The molecule has 2 aromatic rings. The quantitative estimate of drug-likeness (QED) is 0.489. The zero-order chi connectivity index (χ0) is 23.0. The van der Waals surface area contributed by atoms with Crippen LogP contribution in [0, 0.1) is 0 Å². The number of benzene rings is 1. The fraction of sp³-hybridized carbons (Fsp3) is 0.435. The van der Waals surface area contributed by atoms with Gasteiger partial charge in [0.2, 0.25) is 0 Å². The molecule has 0 spiro atoms. The van der Waals surface area contributed by atoms with E-state index in [1.807, 2.05) is 38.1 Å². The lowest BCUT2D eigenvalue weighted by molar-refractivity contribution is -0.122. The molecule has 170 valence electrons. The maximum absolute atomic E-state index is 13.5. The highest BCUT2D eigenvalue weighted by molar-refractivity contribution is 8.26. The number of para-hydroxylation sites is 1. The predicted octanol–water partition coefficient (Wildman–Crippen LogP) is 3.00. The topological polar surface area (TPSA) is 64.0 Å². The van der Waals surface area contributed by atoms with E-state index >= 15 is 0 Å². The molecule has 0 N–H and O–H groups in total. The fourth-order valence-corrected chi connectivity index (χ4v) is 5.63. The maximum atomic E-state index is 13.5. The summed E-state index contributed by atoms with van der Waals surface area (Å²) in [7, 11) is 3.35. The Hall–Kier alpha value is -2.20. The van der Waals surface area contributed by atoms with E-state index in [-0.39, 0.29) is 23.7 Å². The van der Waals surface area contributed by atoms with Gasteiger partial charge in [0.05, 0.1) is 47.0 Å². The van der Waals surface area contributed by atoms with Gasteiger partial charge in [-0.05, 0) is 26.0 Å². The van der Waals surface area contributed by atoms with Gasteiger partial charge in [0.25, 0.3) is 11.5 Å². The lowest BCUT2D eigenvalue weighted by Gasteiger charge is -2.38. The van der Waals surface area contributed by atoms with Crippen LogP contribution in [0.3, 0.4) is 0 Å². The highest BCUT2D eigenvalue weighted by Gasteiger charge is 2.33. The van der Waals surface area contributed by atoms with Crippen molar-refractivity contribution in [3.8, 4) is 0 Å². The predicted molar refractivity (Wildman–Crippen MR) is 133 cm³/mol. The van der Waals surface area contributed by atoms with E-state index in [1.165, 1.54) is 16.7 Å². The minimum absolute atomic E-state index is 0.0293. The molecule has 2 saturated heterocycles. The highest BCUT2D eigenvalue weighted by Crippen LogP contribution is 2.36. The number of nitrogens with zero attached hydrogens (tertiary/aromatic N) is 3. The number of carbonyl (C=O) groups excluding carboxylic acids is 1. The number of amides is 1. The molecule has 7 nitrogen and oxygen atoms in total. The molecule has 1 aromatic heterocycles. The number of carbonyl (C=O) groups is 1. The Kier molecular flexibility index (Phi) is 6.71. The summed E-state index contributed by atoms with van der Waals surface area (Å²) in [4.78, 5) is 30.7. The Morgan fingerprint density at radius 2 is 1.91 bits per heavy atom. The summed E-state index contributed by atoms with van der Waals surface area (Å²) in [6.07, 6.45) is 1.77. The van der Waals surface area contributed by atoms with Crippen LogP contribution in [0.25, 0.3) is 17.0 Å².